The van der Waals surface area contributed by atoms with Gasteiger partial charge >= 0.3 is 17.9 Å². The fourth-order valence-corrected chi connectivity index (χ4v) is 6.50. The lowest BCUT2D eigenvalue weighted by molar-refractivity contribution is -0.376. The summed E-state index contributed by atoms with van der Waals surface area (Å²) in [5.41, 5.74) is 0. The van der Waals surface area contributed by atoms with Gasteiger partial charge in [-0.15, -0.1) is 0 Å². The number of aliphatic hydroxyl groups is 7. The molecule has 8 N–H and O–H groups in total. The molecule has 52 heavy (non-hydrogen) atoms. The Balaban J connectivity index is 1.56. The number of hydrogen-bond acceptors (Lipinski definition) is 15. The van der Waals surface area contributed by atoms with Gasteiger partial charge in [0, 0.05) is 6.42 Å². The Bertz CT molecular complexity index is 997. The topological polar surface area (TPSA) is 259 Å². The number of aliphatic hydroxyl groups excluding tert-OH is 7. The van der Waals surface area contributed by atoms with Gasteiger partial charge in [0.2, 0.25) is 0 Å². The number of unbranched alkanes of at least 4 members (excludes halogenated alkanes) is 14. The molecular weight excluding hydrogens is 688 g/mol. The molecule has 0 aromatic rings. The summed E-state index contributed by atoms with van der Waals surface area (Å²) in [6, 6.07) is 0. The quantitative estimate of drug-likeness (QED) is 0.0354. The average molecular weight is 753 g/mol. The number of esters is 2. The Morgan fingerprint density at radius 3 is 1.56 bits per heavy atom. The van der Waals surface area contributed by atoms with E-state index in [-0.39, 0.29) is 12.5 Å². The fraction of sp³-hybridized carbons (Fsp3) is 0.917. The van der Waals surface area contributed by atoms with Crippen LogP contribution in [0.3, 0.4) is 0 Å². The second kappa shape index (κ2) is 25.9. The van der Waals surface area contributed by atoms with E-state index in [4.69, 9.17) is 28.8 Å². The van der Waals surface area contributed by atoms with Crippen LogP contribution in [0.2, 0.25) is 0 Å². The minimum Gasteiger partial charge on any atom is -0.473 e. The van der Waals surface area contributed by atoms with Crippen molar-refractivity contribution < 1.29 is 78.9 Å². The maximum Gasteiger partial charge on any atom is 0.417 e. The van der Waals surface area contributed by atoms with Crippen molar-refractivity contribution >= 4 is 17.9 Å². The first-order valence-corrected chi connectivity index (χ1v) is 19.2. The molecule has 11 atom stereocenters. The van der Waals surface area contributed by atoms with E-state index in [0.29, 0.717) is 19.3 Å². The highest BCUT2D eigenvalue weighted by Gasteiger charge is 2.51. The van der Waals surface area contributed by atoms with Crippen molar-refractivity contribution in [2.75, 3.05) is 13.2 Å². The number of carbonyl (C=O) groups is 3. The smallest absolute Gasteiger partial charge is 0.417 e. The Kier molecular flexibility index (Phi) is 23.0. The van der Waals surface area contributed by atoms with Gasteiger partial charge in [-0.1, -0.05) is 90.4 Å². The molecular formula is C36H64O16. The van der Waals surface area contributed by atoms with Crippen molar-refractivity contribution in [2.24, 2.45) is 0 Å². The molecule has 0 saturated carbocycles. The normalized spacial score (nSPS) is 29.8. The SMILES string of the molecule is CCCCCC(CCCCCCCCCCCCCCCC(=O)OC1C(O)C(CO)OC(OC2OC(CO)C(O)C(O)C2O)C1O)OC(=O)C(=O)O. The van der Waals surface area contributed by atoms with E-state index in [1.807, 2.05) is 0 Å². The van der Waals surface area contributed by atoms with Crippen LogP contribution in [0.5, 0.6) is 0 Å². The summed E-state index contributed by atoms with van der Waals surface area (Å²) in [6.07, 6.45) is 1.39. The van der Waals surface area contributed by atoms with E-state index in [2.05, 4.69) is 6.92 Å². The summed E-state index contributed by atoms with van der Waals surface area (Å²) in [5.74, 6) is -3.38. The summed E-state index contributed by atoms with van der Waals surface area (Å²) in [6.45, 7) is 0.673. The standard InChI is InChI=1S/C36H64O16/c1-2-3-15-18-23(48-34(47)33(45)46)19-16-13-11-9-7-5-4-6-8-10-12-14-17-20-26(39)51-32-28(41)25(22-38)50-36(31(32)44)52-35-30(43)29(42)27(40)24(21-37)49-35/h23-25,27-32,35-38,40-44H,2-22H2,1H3,(H,45,46). The van der Waals surface area contributed by atoms with Crippen LogP contribution in [0, 0.1) is 0 Å². The fourth-order valence-electron chi connectivity index (χ4n) is 6.50. The molecule has 0 radical (unpaired) electrons. The average Bonchev–Trinajstić information content (AvgIpc) is 3.12. The van der Waals surface area contributed by atoms with Gasteiger partial charge in [-0.25, -0.2) is 9.59 Å². The third-order valence-electron chi connectivity index (χ3n) is 9.69. The van der Waals surface area contributed by atoms with Crippen molar-refractivity contribution in [1.82, 2.24) is 0 Å². The number of hydrogen-bond donors (Lipinski definition) is 8. The Morgan fingerprint density at radius 2 is 1.06 bits per heavy atom. The van der Waals surface area contributed by atoms with E-state index in [0.717, 1.165) is 96.3 Å². The maximum absolute atomic E-state index is 12.6. The van der Waals surface area contributed by atoms with Crippen LogP contribution in [-0.4, -0.2) is 139 Å². The summed E-state index contributed by atoms with van der Waals surface area (Å²) >= 11 is 0. The summed E-state index contributed by atoms with van der Waals surface area (Å²) in [7, 11) is 0. The maximum atomic E-state index is 12.6. The van der Waals surface area contributed by atoms with E-state index < -0.39 is 92.5 Å². The first kappa shape index (κ1) is 46.2. The summed E-state index contributed by atoms with van der Waals surface area (Å²) in [5, 5.41) is 79.5. The van der Waals surface area contributed by atoms with E-state index >= 15 is 0 Å². The van der Waals surface area contributed by atoms with Gasteiger partial charge in [0.05, 0.1) is 13.2 Å². The molecule has 0 aromatic heterocycles. The van der Waals surface area contributed by atoms with Gasteiger partial charge in [0.15, 0.2) is 18.7 Å². The van der Waals surface area contributed by atoms with Crippen molar-refractivity contribution in [2.45, 2.75) is 196 Å². The summed E-state index contributed by atoms with van der Waals surface area (Å²) < 4.78 is 26.6. The number of carboxylic acids is 1. The van der Waals surface area contributed by atoms with Gasteiger partial charge in [-0.05, 0) is 32.1 Å². The highest BCUT2D eigenvalue weighted by Crippen LogP contribution is 2.29. The van der Waals surface area contributed by atoms with Gasteiger partial charge in [-0.2, -0.15) is 0 Å². The number of rotatable bonds is 26. The number of aliphatic carboxylic acids is 1. The van der Waals surface area contributed by atoms with Crippen molar-refractivity contribution in [3.8, 4) is 0 Å². The van der Waals surface area contributed by atoms with Gasteiger partial charge < -0.3 is 64.5 Å². The highest BCUT2D eigenvalue weighted by molar-refractivity contribution is 6.28. The monoisotopic (exact) mass is 752 g/mol. The van der Waals surface area contributed by atoms with E-state index in [1.54, 1.807) is 0 Å². The van der Waals surface area contributed by atoms with Crippen LogP contribution in [0.4, 0.5) is 0 Å². The van der Waals surface area contributed by atoms with Crippen molar-refractivity contribution in [3.05, 3.63) is 0 Å². The second-order valence-electron chi connectivity index (χ2n) is 14.0. The molecule has 0 aliphatic carbocycles. The second-order valence-corrected chi connectivity index (χ2v) is 14.0. The molecule has 16 heteroatoms. The van der Waals surface area contributed by atoms with Crippen LogP contribution in [0.1, 0.15) is 129 Å². The van der Waals surface area contributed by atoms with E-state index in [1.165, 1.54) is 0 Å². The zero-order chi connectivity index (χ0) is 38.5. The molecule has 0 aromatic carbocycles. The molecule has 0 amide bonds. The molecule has 2 fully saturated rings. The highest BCUT2D eigenvalue weighted by atomic mass is 16.8. The Labute approximate surface area is 306 Å². The van der Waals surface area contributed by atoms with Gasteiger partial charge in [0.1, 0.15) is 48.8 Å². The molecule has 2 rings (SSSR count). The molecule has 0 bridgehead atoms. The lowest BCUT2D eigenvalue weighted by Crippen LogP contribution is -2.64. The predicted molar refractivity (Wildman–Crippen MR) is 183 cm³/mol. The zero-order valence-electron chi connectivity index (χ0n) is 30.5. The van der Waals surface area contributed by atoms with E-state index in [9.17, 15) is 50.1 Å². The minimum atomic E-state index is -1.79. The molecule has 2 aliphatic heterocycles. The molecule has 0 spiro atoms. The molecule has 11 unspecified atom stereocenters. The van der Waals surface area contributed by atoms with Crippen LogP contribution in [0.15, 0.2) is 0 Å². The molecule has 2 aliphatic rings. The van der Waals surface area contributed by atoms with Crippen LogP contribution in [-0.2, 0) is 38.1 Å². The number of ether oxygens (including phenoxy) is 5. The predicted octanol–water partition coefficient (Wildman–Crippen LogP) is 1.58. The first-order valence-electron chi connectivity index (χ1n) is 19.2. The van der Waals surface area contributed by atoms with Crippen LogP contribution < -0.4 is 0 Å². The molecule has 2 saturated heterocycles. The number of carbonyl (C=O) groups excluding carboxylic acids is 2. The largest absolute Gasteiger partial charge is 0.473 e. The third-order valence-corrected chi connectivity index (χ3v) is 9.69. The molecule has 304 valence electrons. The third kappa shape index (κ3) is 16.2. The van der Waals surface area contributed by atoms with Crippen LogP contribution >= 0.6 is 0 Å². The Morgan fingerprint density at radius 1 is 0.596 bits per heavy atom. The number of carboxylic acid groups (broad SMARTS) is 1. The van der Waals surface area contributed by atoms with Crippen molar-refractivity contribution in [3.63, 3.8) is 0 Å². The Hall–Kier alpha value is -1.99. The van der Waals surface area contributed by atoms with Gasteiger partial charge in [0.25, 0.3) is 0 Å². The lowest BCUT2D eigenvalue weighted by Gasteiger charge is -2.45. The van der Waals surface area contributed by atoms with Gasteiger partial charge in [-0.3, -0.25) is 4.79 Å². The lowest BCUT2D eigenvalue weighted by atomic mass is 9.98. The van der Waals surface area contributed by atoms with Crippen LogP contribution in [0.25, 0.3) is 0 Å². The summed E-state index contributed by atoms with van der Waals surface area (Å²) in [4.78, 5) is 34.9. The van der Waals surface area contributed by atoms with Crippen molar-refractivity contribution in [1.29, 1.82) is 0 Å². The molecule has 2 heterocycles. The minimum absolute atomic E-state index is 0.0474. The molecule has 16 nitrogen and oxygen atoms in total. The first-order chi connectivity index (χ1) is 24.9. The zero-order valence-corrected chi connectivity index (χ0v) is 30.5.